The Hall–Kier alpha value is -1.06. The zero-order chi connectivity index (χ0) is 12.1. The van der Waals surface area contributed by atoms with Crippen LogP contribution in [0, 0.1) is 0 Å². The van der Waals surface area contributed by atoms with Crippen molar-refractivity contribution in [3.05, 3.63) is 42.2 Å². The van der Waals surface area contributed by atoms with Crippen LogP contribution in [0.5, 0.6) is 0 Å². The van der Waals surface area contributed by atoms with Crippen LogP contribution < -0.4 is 5.32 Å². The maximum absolute atomic E-state index is 4.34. The molecule has 0 aliphatic carbocycles. The Labute approximate surface area is 107 Å². The highest BCUT2D eigenvalue weighted by Crippen LogP contribution is 2.25. The monoisotopic (exact) mass is 246 g/mol. The average molecular weight is 246 g/mol. The molecule has 1 aromatic heterocycles. The van der Waals surface area contributed by atoms with Crippen molar-refractivity contribution < 1.29 is 0 Å². The maximum Gasteiger partial charge on any atom is 0.0346 e. The van der Waals surface area contributed by atoms with E-state index in [0.717, 1.165) is 12.2 Å². The Balaban J connectivity index is 2.38. The van der Waals surface area contributed by atoms with Crippen molar-refractivity contribution in [3.8, 4) is 0 Å². The molecule has 2 rings (SSSR count). The largest absolute Gasteiger partial charge is 0.313 e. The van der Waals surface area contributed by atoms with Gasteiger partial charge in [-0.1, -0.05) is 24.3 Å². The normalized spacial score (nSPS) is 12.8. The Morgan fingerprint density at radius 3 is 2.88 bits per heavy atom. The number of hydrogen-bond acceptors (Lipinski definition) is 3. The standard InChI is InChI=1S/C14H18N2S/c1-15-14(7-8-17-2)13-10-16-9-11-5-3-4-6-12(11)13/h3-6,9-10,14-15H,7-8H2,1-2H3. The third kappa shape index (κ3) is 2.79. The van der Waals surface area contributed by atoms with Gasteiger partial charge in [0.05, 0.1) is 0 Å². The van der Waals surface area contributed by atoms with Crippen LogP contribution in [0.2, 0.25) is 0 Å². The molecule has 1 atom stereocenters. The van der Waals surface area contributed by atoms with E-state index < -0.39 is 0 Å². The fraction of sp³-hybridized carbons (Fsp3) is 0.357. The lowest BCUT2D eigenvalue weighted by Gasteiger charge is -2.17. The van der Waals surface area contributed by atoms with Gasteiger partial charge in [0.2, 0.25) is 0 Å². The van der Waals surface area contributed by atoms with Crippen LogP contribution in [0.15, 0.2) is 36.7 Å². The van der Waals surface area contributed by atoms with Crippen LogP contribution in [0.4, 0.5) is 0 Å². The molecule has 0 saturated heterocycles. The summed E-state index contributed by atoms with van der Waals surface area (Å²) in [6.45, 7) is 0. The number of nitrogens with zero attached hydrogens (tertiary/aromatic N) is 1. The fourth-order valence-corrected chi connectivity index (χ4v) is 2.58. The average Bonchev–Trinajstić information content (AvgIpc) is 2.40. The summed E-state index contributed by atoms with van der Waals surface area (Å²) >= 11 is 1.88. The minimum atomic E-state index is 0.390. The molecule has 2 nitrogen and oxygen atoms in total. The summed E-state index contributed by atoms with van der Waals surface area (Å²) < 4.78 is 0. The van der Waals surface area contributed by atoms with Gasteiger partial charge in [-0.2, -0.15) is 11.8 Å². The van der Waals surface area contributed by atoms with Crippen LogP contribution in [-0.4, -0.2) is 24.0 Å². The van der Waals surface area contributed by atoms with E-state index in [4.69, 9.17) is 0 Å². The number of rotatable bonds is 5. The zero-order valence-corrected chi connectivity index (χ0v) is 11.1. The fourth-order valence-electron chi connectivity index (χ4n) is 2.11. The predicted octanol–water partition coefficient (Wildman–Crippen LogP) is 3.25. The minimum Gasteiger partial charge on any atom is -0.313 e. The summed E-state index contributed by atoms with van der Waals surface area (Å²) in [6.07, 6.45) is 7.20. The van der Waals surface area contributed by atoms with Gasteiger partial charge in [0.1, 0.15) is 0 Å². The first-order valence-electron chi connectivity index (χ1n) is 5.85. The molecule has 0 bridgehead atoms. The molecular weight excluding hydrogens is 228 g/mol. The Kier molecular flexibility index (Phi) is 4.40. The van der Waals surface area contributed by atoms with Crippen molar-refractivity contribution in [2.24, 2.45) is 0 Å². The molecule has 0 spiro atoms. The van der Waals surface area contributed by atoms with Gasteiger partial charge in [0, 0.05) is 23.8 Å². The maximum atomic E-state index is 4.34. The summed E-state index contributed by atoms with van der Waals surface area (Å²) in [5, 5.41) is 5.92. The quantitative estimate of drug-likeness (QED) is 0.876. The lowest BCUT2D eigenvalue weighted by Crippen LogP contribution is -2.17. The number of aromatic nitrogens is 1. The second kappa shape index (κ2) is 6.03. The number of thioether (sulfide) groups is 1. The van der Waals surface area contributed by atoms with Gasteiger partial charge in [-0.05, 0) is 36.4 Å². The molecule has 1 heterocycles. The van der Waals surface area contributed by atoms with E-state index in [1.165, 1.54) is 16.3 Å². The van der Waals surface area contributed by atoms with Gasteiger partial charge >= 0.3 is 0 Å². The van der Waals surface area contributed by atoms with Gasteiger partial charge in [-0.3, -0.25) is 4.98 Å². The smallest absolute Gasteiger partial charge is 0.0346 e. The van der Waals surface area contributed by atoms with E-state index in [1.807, 2.05) is 31.2 Å². The molecule has 0 aliphatic rings. The lowest BCUT2D eigenvalue weighted by molar-refractivity contribution is 0.584. The molecule has 3 heteroatoms. The molecule has 0 amide bonds. The van der Waals surface area contributed by atoms with Crippen LogP contribution >= 0.6 is 11.8 Å². The van der Waals surface area contributed by atoms with Gasteiger partial charge in [-0.25, -0.2) is 0 Å². The van der Waals surface area contributed by atoms with E-state index in [-0.39, 0.29) is 0 Å². The first kappa shape index (κ1) is 12.4. The second-order valence-electron chi connectivity index (χ2n) is 4.07. The summed E-state index contributed by atoms with van der Waals surface area (Å²) in [5.74, 6) is 1.16. The van der Waals surface area contributed by atoms with E-state index in [9.17, 15) is 0 Å². The first-order chi connectivity index (χ1) is 8.36. The Morgan fingerprint density at radius 2 is 2.12 bits per heavy atom. The molecule has 17 heavy (non-hydrogen) atoms. The molecule has 0 radical (unpaired) electrons. The molecule has 0 aliphatic heterocycles. The molecule has 90 valence electrons. The van der Waals surface area contributed by atoms with Gasteiger partial charge < -0.3 is 5.32 Å². The highest BCUT2D eigenvalue weighted by Gasteiger charge is 2.12. The summed E-state index contributed by atoms with van der Waals surface area (Å²) in [5.41, 5.74) is 1.31. The van der Waals surface area contributed by atoms with Crippen molar-refractivity contribution in [1.82, 2.24) is 10.3 Å². The summed E-state index contributed by atoms with van der Waals surface area (Å²) in [6, 6.07) is 8.83. The third-order valence-corrected chi connectivity index (χ3v) is 3.68. The minimum absolute atomic E-state index is 0.390. The second-order valence-corrected chi connectivity index (χ2v) is 5.06. The van der Waals surface area contributed by atoms with E-state index in [2.05, 4.69) is 40.8 Å². The molecule has 1 N–H and O–H groups in total. The van der Waals surface area contributed by atoms with E-state index >= 15 is 0 Å². The van der Waals surface area contributed by atoms with Crippen molar-refractivity contribution in [2.45, 2.75) is 12.5 Å². The highest BCUT2D eigenvalue weighted by atomic mass is 32.2. The van der Waals surface area contributed by atoms with E-state index in [0.29, 0.717) is 6.04 Å². The first-order valence-corrected chi connectivity index (χ1v) is 7.25. The third-order valence-electron chi connectivity index (χ3n) is 3.03. The molecule has 0 saturated carbocycles. The number of pyridine rings is 1. The molecule has 1 unspecified atom stereocenters. The topological polar surface area (TPSA) is 24.9 Å². The van der Waals surface area contributed by atoms with Gasteiger partial charge in [0.15, 0.2) is 0 Å². The van der Waals surface area contributed by atoms with Crippen LogP contribution in [0.1, 0.15) is 18.0 Å². The number of fused-ring (bicyclic) bond motifs is 1. The Morgan fingerprint density at radius 1 is 1.29 bits per heavy atom. The SMILES string of the molecule is CNC(CCSC)c1cncc2ccccc12. The Bertz CT molecular complexity index is 479. The van der Waals surface area contributed by atoms with Crippen LogP contribution in [0.25, 0.3) is 10.8 Å². The molecule has 1 aromatic carbocycles. The van der Waals surface area contributed by atoms with Crippen molar-refractivity contribution >= 4 is 22.5 Å². The zero-order valence-electron chi connectivity index (χ0n) is 10.3. The highest BCUT2D eigenvalue weighted by molar-refractivity contribution is 7.98. The molecule has 2 aromatic rings. The number of benzene rings is 1. The predicted molar refractivity (Wildman–Crippen MR) is 76.5 cm³/mol. The molecular formula is C14H18N2S. The lowest BCUT2D eigenvalue weighted by atomic mass is 10.0. The van der Waals surface area contributed by atoms with Crippen molar-refractivity contribution in [3.63, 3.8) is 0 Å². The van der Waals surface area contributed by atoms with Crippen LogP contribution in [-0.2, 0) is 0 Å². The van der Waals surface area contributed by atoms with Crippen molar-refractivity contribution in [1.29, 1.82) is 0 Å². The summed E-state index contributed by atoms with van der Waals surface area (Å²) in [7, 11) is 2.02. The van der Waals surface area contributed by atoms with Crippen molar-refractivity contribution in [2.75, 3.05) is 19.1 Å². The van der Waals surface area contributed by atoms with E-state index in [1.54, 1.807) is 0 Å². The number of nitrogens with one attached hydrogen (secondary N) is 1. The van der Waals surface area contributed by atoms with Gasteiger partial charge in [-0.15, -0.1) is 0 Å². The van der Waals surface area contributed by atoms with Crippen LogP contribution in [0.3, 0.4) is 0 Å². The summed E-state index contributed by atoms with van der Waals surface area (Å²) in [4.78, 5) is 4.34. The number of hydrogen-bond donors (Lipinski definition) is 1. The molecule has 0 fully saturated rings. The van der Waals surface area contributed by atoms with Gasteiger partial charge in [0.25, 0.3) is 0 Å².